The molecule has 0 saturated carbocycles. The minimum absolute atomic E-state index is 0.272. The molecule has 0 aliphatic heterocycles. The van der Waals surface area contributed by atoms with Crippen LogP contribution in [-0.4, -0.2) is 24.2 Å². The number of hydrogen-bond acceptors (Lipinski definition) is 5. The highest BCUT2D eigenvalue weighted by molar-refractivity contribution is 7.10. The number of carboxylic acid groups (broad SMARTS) is 1. The maximum Gasteiger partial charge on any atom is 0.339 e. The van der Waals surface area contributed by atoms with Crippen molar-refractivity contribution < 1.29 is 19.4 Å². The average Bonchev–Trinajstić information content (AvgIpc) is 2.94. The fourth-order valence-electron chi connectivity index (χ4n) is 1.86. The van der Waals surface area contributed by atoms with Crippen LogP contribution in [0.1, 0.15) is 31.2 Å². The van der Waals surface area contributed by atoms with Crippen molar-refractivity contribution in [1.29, 1.82) is 0 Å². The van der Waals surface area contributed by atoms with Gasteiger partial charge in [0.15, 0.2) is 0 Å². The fraction of sp³-hybridized carbons (Fsp3) is 0.200. The van der Waals surface area contributed by atoms with E-state index < -0.39 is 11.9 Å². The number of benzene rings is 1. The molecule has 1 aromatic carbocycles. The van der Waals surface area contributed by atoms with Gasteiger partial charge in [0.05, 0.1) is 18.2 Å². The molecule has 6 heteroatoms. The number of carboxylic acids is 1. The first kappa shape index (κ1) is 15.1. The first-order chi connectivity index (χ1) is 10.0. The molecule has 21 heavy (non-hydrogen) atoms. The van der Waals surface area contributed by atoms with Gasteiger partial charge in [-0.25, -0.2) is 9.59 Å². The summed E-state index contributed by atoms with van der Waals surface area (Å²) in [5.41, 5.74) is 2.37. The fourth-order valence-corrected chi connectivity index (χ4v) is 2.66. The highest BCUT2D eigenvalue weighted by Crippen LogP contribution is 2.21. The largest absolute Gasteiger partial charge is 0.478 e. The van der Waals surface area contributed by atoms with E-state index in [0.29, 0.717) is 17.8 Å². The monoisotopic (exact) mass is 305 g/mol. The van der Waals surface area contributed by atoms with Gasteiger partial charge in [0.25, 0.3) is 0 Å². The number of methoxy groups -OCH3 is 1. The Kier molecular flexibility index (Phi) is 4.59. The number of esters is 1. The zero-order chi connectivity index (χ0) is 15.4. The third kappa shape index (κ3) is 3.61. The zero-order valence-electron chi connectivity index (χ0n) is 11.7. The van der Waals surface area contributed by atoms with Gasteiger partial charge < -0.3 is 15.2 Å². The molecule has 0 atom stereocenters. The number of nitrogens with one attached hydrogen (secondary N) is 1. The molecule has 5 nitrogen and oxygen atoms in total. The molecule has 0 aliphatic rings. The van der Waals surface area contributed by atoms with Gasteiger partial charge in [-0.15, -0.1) is 11.3 Å². The lowest BCUT2D eigenvalue weighted by Gasteiger charge is -2.10. The first-order valence-electron chi connectivity index (χ1n) is 6.25. The van der Waals surface area contributed by atoms with E-state index in [1.165, 1.54) is 18.4 Å². The summed E-state index contributed by atoms with van der Waals surface area (Å²) in [7, 11) is 1.34. The standard InChI is InChI=1S/C15H15NO4S/c1-9-3-4-13(12(5-9)15(19)20-2)16-7-11-6-10(8-21-11)14(17)18/h3-6,8,16H,7H2,1-2H3,(H,17,18). The maximum absolute atomic E-state index is 11.8. The number of ether oxygens (including phenoxy) is 1. The van der Waals surface area contributed by atoms with E-state index in [9.17, 15) is 9.59 Å². The van der Waals surface area contributed by atoms with Gasteiger partial charge in [0, 0.05) is 22.5 Å². The highest BCUT2D eigenvalue weighted by Gasteiger charge is 2.12. The number of anilines is 1. The second-order valence-corrected chi connectivity index (χ2v) is 5.50. The van der Waals surface area contributed by atoms with Gasteiger partial charge >= 0.3 is 11.9 Å². The lowest BCUT2D eigenvalue weighted by atomic mass is 10.1. The predicted octanol–water partition coefficient (Wildman–Crippen LogP) is 3.15. The number of rotatable bonds is 5. The Labute approximate surface area is 126 Å². The molecule has 0 bridgehead atoms. The third-order valence-corrected chi connectivity index (χ3v) is 3.87. The Morgan fingerprint density at radius 1 is 1.33 bits per heavy atom. The lowest BCUT2D eigenvalue weighted by Crippen LogP contribution is -2.08. The average molecular weight is 305 g/mol. The summed E-state index contributed by atoms with van der Waals surface area (Å²) in [4.78, 5) is 23.5. The molecule has 1 heterocycles. The Morgan fingerprint density at radius 2 is 2.10 bits per heavy atom. The summed E-state index contributed by atoms with van der Waals surface area (Å²) < 4.78 is 4.77. The molecule has 0 saturated heterocycles. The van der Waals surface area contributed by atoms with Crippen molar-refractivity contribution in [2.75, 3.05) is 12.4 Å². The van der Waals surface area contributed by atoms with E-state index in [2.05, 4.69) is 5.32 Å². The predicted molar refractivity (Wildman–Crippen MR) is 81.1 cm³/mol. The highest BCUT2D eigenvalue weighted by atomic mass is 32.1. The summed E-state index contributed by atoms with van der Waals surface area (Å²) in [6.07, 6.45) is 0. The topological polar surface area (TPSA) is 75.6 Å². The lowest BCUT2D eigenvalue weighted by molar-refractivity contribution is 0.0600. The van der Waals surface area contributed by atoms with Crippen molar-refractivity contribution in [3.8, 4) is 0 Å². The normalized spacial score (nSPS) is 10.2. The molecule has 0 aliphatic carbocycles. The summed E-state index contributed by atoms with van der Waals surface area (Å²) in [5.74, 6) is -1.35. The summed E-state index contributed by atoms with van der Waals surface area (Å²) in [5, 5.41) is 13.6. The molecule has 0 radical (unpaired) electrons. The van der Waals surface area contributed by atoms with Gasteiger partial charge in [-0.3, -0.25) is 0 Å². The van der Waals surface area contributed by atoms with Crippen molar-refractivity contribution in [3.63, 3.8) is 0 Å². The maximum atomic E-state index is 11.8. The van der Waals surface area contributed by atoms with Crippen LogP contribution in [0.3, 0.4) is 0 Å². The van der Waals surface area contributed by atoms with Crippen LogP contribution >= 0.6 is 11.3 Å². The minimum atomic E-state index is -0.942. The van der Waals surface area contributed by atoms with E-state index in [1.54, 1.807) is 17.5 Å². The molecular formula is C15H15NO4S. The molecule has 0 unspecified atom stereocenters. The number of carbonyl (C=O) groups is 2. The van der Waals surface area contributed by atoms with Gasteiger partial charge in [-0.2, -0.15) is 0 Å². The number of aromatic carboxylic acids is 1. The summed E-state index contributed by atoms with van der Waals surface area (Å²) >= 11 is 1.36. The third-order valence-electron chi connectivity index (χ3n) is 2.93. The van der Waals surface area contributed by atoms with E-state index in [0.717, 1.165) is 10.4 Å². The van der Waals surface area contributed by atoms with Crippen molar-refractivity contribution in [3.05, 3.63) is 51.2 Å². The van der Waals surface area contributed by atoms with Crippen LogP contribution in [0, 0.1) is 6.92 Å². The molecule has 0 spiro atoms. The van der Waals surface area contributed by atoms with E-state index in [1.807, 2.05) is 19.1 Å². The van der Waals surface area contributed by atoms with Crippen LogP contribution in [0.2, 0.25) is 0 Å². The van der Waals surface area contributed by atoms with Crippen LogP contribution in [0.4, 0.5) is 5.69 Å². The Bertz CT molecular complexity index is 678. The van der Waals surface area contributed by atoms with Crippen molar-refractivity contribution in [1.82, 2.24) is 0 Å². The van der Waals surface area contributed by atoms with Gasteiger partial charge in [-0.05, 0) is 25.1 Å². The van der Waals surface area contributed by atoms with Gasteiger partial charge in [-0.1, -0.05) is 11.6 Å². The molecule has 2 N–H and O–H groups in total. The molecular weight excluding hydrogens is 290 g/mol. The molecule has 0 fully saturated rings. The second-order valence-electron chi connectivity index (χ2n) is 4.50. The SMILES string of the molecule is COC(=O)c1cc(C)ccc1NCc1cc(C(=O)O)cs1. The number of aryl methyl sites for hydroxylation is 1. The zero-order valence-corrected chi connectivity index (χ0v) is 12.5. The Morgan fingerprint density at radius 3 is 2.71 bits per heavy atom. The number of thiophene rings is 1. The molecule has 110 valence electrons. The van der Waals surface area contributed by atoms with Crippen LogP contribution in [0.25, 0.3) is 0 Å². The van der Waals surface area contributed by atoms with Crippen molar-refractivity contribution in [2.24, 2.45) is 0 Å². The summed E-state index contributed by atoms with van der Waals surface area (Å²) in [6, 6.07) is 7.08. The van der Waals surface area contributed by atoms with Crippen LogP contribution < -0.4 is 5.32 Å². The van der Waals surface area contributed by atoms with Crippen molar-refractivity contribution >= 4 is 29.0 Å². The molecule has 0 amide bonds. The molecule has 1 aromatic heterocycles. The quantitative estimate of drug-likeness (QED) is 0.830. The van der Waals surface area contributed by atoms with Gasteiger partial charge in [0.1, 0.15) is 0 Å². The Balaban J connectivity index is 2.15. The number of carbonyl (C=O) groups excluding carboxylic acids is 1. The first-order valence-corrected chi connectivity index (χ1v) is 7.12. The van der Waals surface area contributed by atoms with Crippen LogP contribution in [0.5, 0.6) is 0 Å². The van der Waals surface area contributed by atoms with Crippen molar-refractivity contribution in [2.45, 2.75) is 13.5 Å². The molecule has 2 rings (SSSR count). The van der Waals surface area contributed by atoms with E-state index in [-0.39, 0.29) is 5.56 Å². The van der Waals surface area contributed by atoms with E-state index >= 15 is 0 Å². The molecule has 2 aromatic rings. The van der Waals surface area contributed by atoms with E-state index in [4.69, 9.17) is 9.84 Å². The smallest absolute Gasteiger partial charge is 0.339 e. The van der Waals surface area contributed by atoms with Gasteiger partial charge in [0.2, 0.25) is 0 Å². The van der Waals surface area contributed by atoms with Crippen LogP contribution in [-0.2, 0) is 11.3 Å². The Hall–Kier alpha value is -2.34. The van der Waals surface area contributed by atoms with Crippen LogP contribution in [0.15, 0.2) is 29.6 Å². The summed E-state index contributed by atoms with van der Waals surface area (Å²) in [6.45, 7) is 2.35. The number of hydrogen-bond donors (Lipinski definition) is 2. The second kappa shape index (κ2) is 6.41. The minimum Gasteiger partial charge on any atom is -0.478 e.